The summed E-state index contributed by atoms with van der Waals surface area (Å²) in [5, 5.41) is 10.6. The van der Waals surface area contributed by atoms with E-state index in [4.69, 9.17) is 12.2 Å². The van der Waals surface area contributed by atoms with Crippen molar-refractivity contribution in [2.75, 3.05) is 11.1 Å². The van der Waals surface area contributed by atoms with Crippen LogP contribution in [0, 0.1) is 11.7 Å². The Kier molecular flexibility index (Phi) is 5.98. The van der Waals surface area contributed by atoms with Gasteiger partial charge in [0.15, 0.2) is 15.7 Å². The molecule has 0 radical (unpaired) electrons. The molecule has 0 aliphatic heterocycles. The van der Waals surface area contributed by atoms with E-state index in [9.17, 15) is 4.79 Å². The lowest BCUT2D eigenvalue weighted by Crippen LogP contribution is -2.13. The second kappa shape index (κ2) is 8.64. The number of carbonyl (C=O) groups excluding carboxylic acids is 1. The molecular weight excluding hydrogens is 422 g/mol. The smallest absolute Gasteiger partial charge is 0.236 e. The van der Waals surface area contributed by atoms with Gasteiger partial charge in [-0.25, -0.2) is 4.98 Å². The Hall–Kier alpha value is -2.23. The summed E-state index contributed by atoms with van der Waals surface area (Å²) >= 11 is 8.23. The number of aromatic amines is 1. The van der Waals surface area contributed by atoms with E-state index in [1.165, 1.54) is 35.3 Å². The van der Waals surface area contributed by atoms with Crippen LogP contribution in [0.5, 0.6) is 0 Å². The Bertz CT molecular complexity index is 1130. The van der Waals surface area contributed by atoms with Crippen LogP contribution >= 0.6 is 35.3 Å². The first-order valence-electron chi connectivity index (χ1n) is 9.33. The number of anilines is 1. The molecule has 0 spiro atoms. The quantitative estimate of drug-likeness (QED) is 0.312. The number of nitrogens with zero attached hydrogens (tertiary/aromatic N) is 3. The summed E-state index contributed by atoms with van der Waals surface area (Å²) < 4.78 is 2.39. The lowest BCUT2D eigenvalue weighted by molar-refractivity contribution is -0.113. The fourth-order valence-electron chi connectivity index (χ4n) is 3.39. The first-order chi connectivity index (χ1) is 14.0. The number of thioether (sulfide) groups is 1. The van der Waals surface area contributed by atoms with Crippen molar-refractivity contribution in [3.05, 3.63) is 52.4 Å². The number of carbonyl (C=O) groups is 1. The summed E-state index contributed by atoms with van der Waals surface area (Å²) in [4.78, 5) is 18.9. The fraction of sp³-hybridized carbons (Fsp3) is 0.300. The normalized spacial score (nSPS) is 12.7. The maximum Gasteiger partial charge on any atom is 0.236 e. The van der Waals surface area contributed by atoms with Crippen molar-refractivity contribution in [2.24, 2.45) is 0 Å². The van der Waals surface area contributed by atoms with E-state index in [0.29, 0.717) is 28.0 Å². The van der Waals surface area contributed by atoms with Gasteiger partial charge in [0.25, 0.3) is 0 Å². The third kappa shape index (κ3) is 4.36. The fourth-order valence-corrected chi connectivity index (χ4v) is 5.34. The van der Waals surface area contributed by atoms with E-state index < -0.39 is 0 Å². The highest BCUT2D eigenvalue weighted by atomic mass is 32.2. The van der Waals surface area contributed by atoms with Crippen LogP contribution < -0.4 is 5.32 Å². The minimum Gasteiger partial charge on any atom is -0.301 e. The maximum atomic E-state index is 12.4. The summed E-state index contributed by atoms with van der Waals surface area (Å²) in [6, 6.07) is 6.51. The molecule has 0 saturated carbocycles. The number of fused-ring (bicyclic) bond motifs is 1. The lowest BCUT2D eigenvalue weighted by atomic mass is 10.1. The number of H-pyrrole nitrogens is 1. The van der Waals surface area contributed by atoms with E-state index in [1.807, 2.05) is 11.5 Å². The van der Waals surface area contributed by atoms with Crippen LogP contribution in [0.4, 0.5) is 5.13 Å². The number of hydrogen-bond acceptors (Lipinski definition) is 6. The van der Waals surface area contributed by atoms with Crippen LogP contribution in [0.3, 0.4) is 0 Å². The monoisotopic (exact) mass is 443 g/mol. The zero-order chi connectivity index (χ0) is 20.4. The molecule has 0 saturated heterocycles. The average Bonchev–Trinajstić information content (AvgIpc) is 3.40. The largest absolute Gasteiger partial charge is 0.301 e. The van der Waals surface area contributed by atoms with Gasteiger partial charge in [-0.1, -0.05) is 23.5 Å². The van der Waals surface area contributed by atoms with Crippen molar-refractivity contribution in [1.82, 2.24) is 19.7 Å². The Morgan fingerprint density at radius 1 is 1.45 bits per heavy atom. The maximum absolute atomic E-state index is 12.4. The molecule has 0 bridgehead atoms. The number of aryl methyl sites for hydroxylation is 3. The van der Waals surface area contributed by atoms with Gasteiger partial charge >= 0.3 is 0 Å². The minimum absolute atomic E-state index is 0.0687. The third-order valence-corrected chi connectivity index (χ3v) is 7.13. The lowest BCUT2D eigenvalue weighted by Gasteiger charge is -2.05. The number of benzene rings is 1. The summed E-state index contributed by atoms with van der Waals surface area (Å²) in [6.45, 7) is 6.22. The van der Waals surface area contributed by atoms with Crippen LogP contribution in [0.15, 0.2) is 35.7 Å². The highest BCUT2D eigenvalue weighted by Crippen LogP contribution is 2.32. The topological polar surface area (TPSA) is 75.6 Å². The van der Waals surface area contributed by atoms with Gasteiger partial charge in [-0.3, -0.25) is 14.5 Å². The molecule has 0 atom stereocenters. The number of hydrogen-bond donors (Lipinski definition) is 2. The molecule has 0 fully saturated rings. The minimum atomic E-state index is -0.0687. The number of aromatic nitrogens is 4. The highest BCUT2D eigenvalue weighted by Gasteiger charge is 2.17. The first-order valence-corrected chi connectivity index (χ1v) is 11.5. The number of amides is 1. The van der Waals surface area contributed by atoms with Gasteiger partial charge in [-0.2, -0.15) is 5.10 Å². The summed E-state index contributed by atoms with van der Waals surface area (Å²) in [5.74, 6) is 0.987. The Balaban J connectivity index is 1.42. The number of allylic oxidation sites excluding steroid dienone is 1. The van der Waals surface area contributed by atoms with E-state index in [-0.39, 0.29) is 5.91 Å². The SMILES string of the molecule is C=CCn1c(-c2sc(NC(=O)CSc3ccc4c(c3)CCC4)nc2C)n[nH]c1=S. The molecule has 1 aliphatic rings. The summed E-state index contributed by atoms with van der Waals surface area (Å²) in [6.07, 6.45) is 5.31. The standard InChI is InChI=1S/C20H21N5OS3/c1-3-9-25-18(23-24-20(25)27)17-12(2)21-19(29-17)22-16(26)11-28-15-8-7-13-5-4-6-14(13)10-15/h3,7-8,10H,1,4-6,9,11H2,2H3,(H,24,27)(H,21,22,26). The average molecular weight is 444 g/mol. The van der Waals surface area contributed by atoms with Crippen LogP contribution in [-0.2, 0) is 24.2 Å². The van der Waals surface area contributed by atoms with Gasteiger partial charge in [0.1, 0.15) is 0 Å². The van der Waals surface area contributed by atoms with Gasteiger partial charge in [0, 0.05) is 11.4 Å². The van der Waals surface area contributed by atoms with E-state index in [2.05, 4.69) is 45.3 Å². The molecule has 1 aromatic carbocycles. The van der Waals surface area contributed by atoms with Gasteiger partial charge < -0.3 is 5.32 Å². The molecule has 2 aromatic heterocycles. The van der Waals surface area contributed by atoms with Gasteiger partial charge in [-0.05, 0) is 61.7 Å². The zero-order valence-corrected chi connectivity index (χ0v) is 18.5. The molecule has 1 amide bonds. The van der Waals surface area contributed by atoms with E-state index >= 15 is 0 Å². The second-order valence-corrected chi connectivity index (χ2v) is 9.24. The predicted octanol–water partition coefficient (Wildman–Crippen LogP) is 4.78. The Morgan fingerprint density at radius 3 is 3.10 bits per heavy atom. The number of rotatable bonds is 7. The molecule has 2 heterocycles. The Morgan fingerprint density at radius 2 is 2.28 bits per heavy atom. The van der Waals surface area contributed by atoms with E-state index in [1.54, 1.807) is 17.8 Å². The van der Waals surface area contributed by atoms with Gasteiger partial charge in [0.05, 0.1) is 16.3 Å². The van der Waals surface area contributed by atoms with Gasteiger partial charge in [0.2, 0.25) is 5.91 Å². The number of thiazole rings is 1. The van der Waals surface area contributed by atoms with Crippen LogP contribution in [-0.4, -0.2) is 31.4 Å². The Labute approximate surface area is 182 Å². The van der Waals surface area contributed by atoms with E-state index in [0.717, 1.165) is 21.9 Å². The molecule has 2 N–H and O–H groups in total. The second-order valence-electron chi connectivity index (χ2n) is 6.81. The molecule has 6 nitrogen and oxygen atoms in total. The molecule has 1 aliphatic carbocycles. The summed E-state index contributed by atoms with van der Waals surface area (Å²) in [5.41, 5.74) is 3.67. The van der Waals surface area contributed by atoms with Crippen molar-refractivity contribution in [3.8, 4) is 10.7 Å². The van der Waals surface area contributed by atoms with Crippen LogP contribution in [0.25, 0.3) is 10.7 Å². The summed E-state index contributed by atoms with van der Waals surface area (Å²) in [7, 11) is 0. The molecule has 150 valence electrons. The predicted molar refractivity (Wildman–Crippen MR) is 121 cm³/mol. The van der Waals surface area contributed by atoms with Crippen molar-refractivity contribution >= 4 is 46.4 Å². The van der Waals surface area contributed by atoms with Crippen LogP contribution in [0.1, 0.15) is 23.2 Å². The van der Waals surface area contributed by atoms with Crippen LogP contribution in [0.2, 0.25) is 0 Å². The molecule has 4 rings (SSSR count). The highest BCUT2D eigenvalue weighted by molar-refractivity contribution is 8.00. The molecule has 0 unspecified atom stereocenters. The van der Waals surface area contributed by atoms with Crippen molar-refractivity contribution < 1.29 is 4.79 Å². The molecular formula is C20H21N5OS3. The van der Waals surface area contributed by atoms with Crippen molar-refractivity contribution in [1.29, 1.82) is 0 Å². The zero-order valence-electron chi connectivity index (χ0n) is 16.0. The molecule has 3 aromatic rings. The molecule has 9 heteroatoms. The van der Waals surface area contributed by atoms with Crippen molar-refractivity contribution in [3.63, 3.8) is 0 Å². The van der Waals surface area contributed by atoms with Crippen molar-refractivity contribution in [2.45, 2.75) is 37.6 Å². The number of nitrogens with one attached hydrogen (secondary N) is 2. The first kappa shape index (κ1) is 20.1. The molecule has 29 heavy (non-hydrogen) atoms. The van der Waals surface area contributed by atoms with Gasteiger partial charge in [-0.15, -0.1) is 18.3 Å². The third-order valence-electron chi connectivity index (χ3n) is 4.76.